The van der Waals surface area contributed by atoms with Gasteiger partial charge in [0.05, 0.1) is 31.6 Å². The molecule has 0 spiro atoms. The first-order valence-electron chi connectivity index (χ1n) is 8.12. The van der Waals surface area contributed by atoms with Crippen LogP contribution in [0.4, 0.5) is 23.5 Å². The zero-order chi connectivity index (χ0) is 20.0. The zero-order valence-electron chi connectivity index (χ0n) is 14.2. The first-order valence-corrected chi connectivity index (χ1v) is 8.12. The number of aliphatic carboxylic acids is 1. The van der Waals surface area contributed by atoms with Gasteiger partial charge in [-0.2, -0.15) is 13.2 Å². The number of halogens is 4. The standard InChI is InChI=1S/C14H18FN3O2.C2HF3O2/c1-2-5-19-12-9-18(11-4-3-6-20-13(11)12)14-16-7-10(15)8-17-14;3-2(4,5)1(6)7/h2,7-8,11-13H,1,3-6,9H2;(H,6,7)/t11-,12+,13+;/m1./s1. The van der Waals surface area contributed by atoms with E-state index in [1.54, 1.807) is 6.08 Å². The van der Waals surface area contributed by atoms with Crippen LogP contribution in [-0.2, 0) is 14.3 Å². The van der Waals surface area contributed by atoms with E-state index in [0.29, 0.717) is 19.1 Å². The molecule has 0 radical (unpaired) electrons. The predicted molar refractivity (Wildman–Crippen MR) is 85.7 cm³/mol. The van der Waals surface area contributed by atoms with Gasteiger partial charge in [0.2, 0.25) is 5.95 Å². The lowest BCUT2D eigenvalue weighted by Crippen LogP contribution is -2.42. The molecule has 11 heteroatoms. The summed E-state index contributed by atoms with van der Waals surface area (Å²) in [6.07, 6.45) is 1.06. The van der Waals surface area contributed by atoms with E-state index in [9.17, 15) is 17.6 Å². The third kappa shape index (κ3) is 5.60. The second kappa shape index (κ2) is 9.09. The van der Waals surface area contributed by atoms with Gasteiger partial charge in [-0.15, -0.1) is 6.58 Å². The first kappa shape index (κ1) is 21.0. The summed E-state index contributed by atoms with van der Waals surface area (Å²) in [5.74, 6) is -2.65. The lowest BCUT2D eigenvalue weighted by Gasteiger charge is -2.32. The molecule has 0 amide bonds. The van der Waals surface area contributed by atoms with Gasteiger partial charge < -0.3 is 19.5 Å². The monoisotopic (exact) mass is 393 g/mol. The Morgan fingerprint density at radius 1 is 1.44 bits per heavy atom. The minimum absolute atomic E-state index is 0.0213. The van der Waals surface area contributed by atoms with E-state index in [0.717, 1.165) is 19.4 Å². The molecule has 1 N–H and O–H groups in total. The van der Waals surface area contributed by atoms with E-state index in [-0.39, 0.29) is 18.2 Å². The van der Waals surface area contributed by atoms with Crippen LogP contribution >= 0.6 is 0 Å². The quantitative estimate of drug-likeness (QED) is 0.620. The molecule has 27 heavy (non-hydrogen) atoms. The molecule has 2 fully saturated rings. The summed E-state index contributed by atoms with van der Waals surface area (Å²) in [6.45, 7) is 5.58. The molecule has 3 rings (SSSR count). The number of hydrogen-bond donors (Lipinski definition) is 1. The van der Waals surface area contributed by atoms with Crippen molar-refractivity contribution < 1.29 is 36.9 Å². The number of rotatable bonds is 4. The van der Waals surface area contributed by atoms with Crippen molar-refractivity contribution in [3.63, 3.8) is 0 Å². The highest BCUT2D eigenvalue weighted by Crippen LogP contribution is 2.32. The van der Waals surface area contributed by atoms with Crippen molar-refractivity contribution in [3.8, 4) is 0 Å². The molecule has 150 valence electrons. The van der Waals surface area contributed by atoms with Crippen molar-refractivity contribution in [2.24, 2.45) is 0 Å². The Bertz CT molecular complexity index is 642. The molecule has 0 saturated carbocycles. The van der Waals surface area contributed by atoms with Crippen LogP contribution in [0.3, 0.4) is 0 Å². The van der Waals surface area contributed by atoms with Crippen LogP contribution in [-0.4, -0.2) is 65.2 Å². The molecule has 3 heterocycles. The van der Waals surface area contributed by atoms with Crippen LogP contribution in [0, 0.1) is 5.82 Å². The number of aromatic nitrogens is 2. The highest BCUT2D eigenvalue weighted by atomic mass is 19.4. The highest BCUT2D eigenvalue weighted by Gasteiger charge is 2.45. The van der Waals surface area contributed by atoms with Gasteiger partial charge in [0.25, 0.3) is 0 Å². The van der Waals surface area contributed by atoms with Gasteiger partial charge in [-0.1, -0.05) is 6.08 Å². The zero-order valence-corrected chi connectivity index (χ0v) is 14.2. The van der Waals surface area contributed by atoms with Crippen molar-refractivity contribution in [1.82, 2.24) is 9.97 Å². The fourth-order valence-electron chi connectivity index (χ4n) is 2.93. The fraction of sp³-hybridized carbons (Fsp3) is 0.562. The van der Waals surface area contributed by atoms with Crippen molar-refractivity contribution in [3.05, 3.63) is 30.9 Å². The van der Waals surface area contributed by atoms with Crippen molar-refractivity contribution >= 4 is 11.9 Å². The van der Waals surface area contributed by atoms with Gasteiger partial charge in [-0.05, 0) is 12.8 Å². The number of carbonyl (C=O) groups is 1. The first-order chi connectivity index (χ1) is 12.7. The SMILES string of the molecule is C=CCO[C@H]1CN(c2ncc(F)cn2)[C@@H]2CCCO[C@H]12.O=C(O)C(F)(F)F. The van der Waals surface area contributed by atoms with Crippen LogP contribution in [0.5, 0.6) is 0 Å². The Morgan fingerprint density at radius 3 is 2.63 bits per heavy atom. The maximum absolute atomic E-state index is 12.9. The van der Waals surface area contributed by atoms with Gasteiger partial charge in [-0.25, -0.2) is 19.2 Å². The number of hydrogen-bond acceptors (Lipinski definition) is 6. The number of fused-ring (bicyclic) bond motifs is 1. The average Bonchev–Trinajstić information content (AvgIpc) is 2.99. The lowest BCUT2D eigenvalue weighted by molar-refractivity contribution is -0.192. The molecule has 0 aromatic carbocycles. The summed E-state index contributed by atoms with van der Waals surface area (Å²) < 4.78 is 56.3. The van der Waals surface area contributed by atoms with Crippen LogP contribution in [0.15, 0.2) is 25.0 Å². The van der Waals surface area contributed by atoms with Gasteiger partial charge in [0, 0.05) is 6.61 Å². The Kier molecular flexibility index (Phi) is 7.08. The topological polar surface area (TPSA) is 84.8 Å². The number of alkyl halides is 3. The molecule has 7 nitrogen and oxygen atoms in total. The Balaban J connectivity index is 0.000000321. The third-order valence-electron chi connectivity index (χ3n) is 4.01. The van der Waals surface area contributed by atoms with Crippen LogP contribution < -0.4 is 4.90 Å². The summed E-state index contributed by atoms with van der Waals surface area (Å²) in [4.78, 5) is 19.1. The Labute approximate surface area is 152 Å². The van der Waals surface area contributed by atoms with Gasteiger partial charge in [0.15, 0.2) is 5.82 Å². The number of carboxylic acid groups (broad SMARTS) is 1. The fourth-order valence-corrected chi connectivity index (χ4v) is 2.93. The molecular formula is C16H19F4N3O4. The molecule has 2 aliphatic rings. The molecule has 2 saturated heterocycles. The smallest absolute Gasteiger partial charge is 0.475 e. The molecule has 2 aliphatic heterocycles. The summed E-state index contributed by atoms with van der Waals surface area (Å²) in [6, 6.07) is 0.198. The van der Waals surface area contributed by atoms with Gasteiger partial charge >= 0.3 is 12.1 Å². The molecule has 0 aliphatic carbocycles. The average molecular weight is 393 g/mol. The van der Waals surface area contributed by atoms with E-state index >= 15 is 0 Å². The maximum atomic E-state index is 12.9. The highest BCUT2D eigenvalue weighted by molar-refractivity contribution is 5.73. The van der Waals surface area contributed by atoms with Crippen LogP contribution in [0.2, 0.25) is 0 Å². The Hall–Kier alpha value is -2.27. The van der Waals surface area contributed by atoms with Gasteiger partial charge in [0.1, 0.15) is 12.2 Å². The van der Waals surface area contributed by atoms with Crippen molar-refractivity contribution in [2.45, 2.75) is 37.3 Å². The predicted octanol–water partition coefficient (Wildman–Crippen LogP) is 2.19. The number of carboxylic acids is 1. The molecule has 0 bridgehead atoms. The molecule has 1 aromatic rings. The van der Waals surface area contributed by atoms with Gasteiger partial charge in [-0.3, -0.25) is 0 Å². The summed E-state index contributed by atoms with van der Waals surface area (Å²) >= 11 is 0. The molecule has 0 unspecified atom stereocenters. The minimum atomic E-state index is -5.08. The van der Waals surface area contributed by atoms with Crippen LogP contribution in [0.1, 0.15) is 12.8 Å². The molecule has 1 aromatic heterocycles. The molecule has 3 atom stereocenters. The second-order valence-corrected chi connectivity index (χ2v) is 5.86. The number of ether oxygens (including phenoxy) is 2. The summed E-state index contributed by atoms with van der Waals surface area (Å²) in [5, 5.41) is 7.12. The van der Waals surface area contributed by atoms with Crippen LogP contribution in [0.25, 0.3) is 0 Å². The molecular weight excluding hydrogens is 374 g/mol. The second-order valence-electron chi connectivity index (χ2n) is 5.86. The van der Waals surface area contributed by atoms with E-state index in [1.807, 2.05) is 0 Å². The van der Waals surface area contributed by atoms with Crippen molar-refractivity contribution in [2.75, 3.05) is 24.7 Å². The van der Waals surface area contributed by atoms with E-state index in [4.69, 9.17) is 19.4 Å². The number of nitrogens with zero attached hydrogens (tertiary/aromatic N) is 3. The third-order valence-corrected chi connectivity index (χ3v) is 4.01. The summed E-state index contributed by atoms with van der Waals surface area (Å²) in [5.41, 5.74) is 0. The normalized spacial score (nSPS) is 24.6. The Morgan fingerprint density at radius 2 is 2.07 bits per heavy atom. The van der Waals surface area contributed by atoms with Crippen molar-refractivity contribution in [1.29, 1.82) is 0 Å². The largest absolute Gasteiger partial charge is 0.490 e. The lowest BCUT2D eigenvalue weighted by atomic mass is 10.0. The number of anilines is 1. The van der Waals surface area contributed by atoms with E-state index in [1.165, 1.54) is 12.4 Å². The maximum Gasteiger partial charge on any atom is 0.490 e. The van der Waals surface area contributed by atoms with E-state index in [2.05, 4.69) is 21.4 Å². The van der Waals surface area contributed by atoms with E-state index < -0.39 is 18.0 Å². The minimum Gasteiger partial charge on any atom is -0.475 e. The summed E-state index contributed by atoms with van der Waals surface area (Å²) in [7, 11) is 0.